The average molecular weight is 471 g/mol. The van der Waals surface area contributed by atoms with Crippen LogP contribution >= 0.6 is 0 Å². The lowest BCUT2D eigenvalue weighted by Gasteiger charge is -2.21. The molecule has 8 heteroatoms. The highest BCUT2D eigenvalue weighted by molar-refractivity contribution is 7.89. The summed E-state index contributed by atoms with van der Waals surface area (Å²) in [7, 11) is -2.14. The highest BCUT2D eigenvalue weighted by Crippen LogP contribution is 2.25. The molecule has 0 aliphatic heterocycles. The number of sulfonamides is 1. The quantitative estimate of drug-likeness (QED) is 0.504. The van der Waals surface area contributed by atoms with Crippen molar-refractivity contribution in [1.82, 2.24) is 9.62 Å². The zero-order valence-corrected chi connectivity index (χ0v) is 19.6. The molecule has 0 aliphatic carbocycles. The van der Waals surface area contributed by atoms with Gasteiger partial charge in [0.2, 0.25) is 10.0 Å². The molecule has 0 saturated heterocycles. The van der Waals surface area contributed by atoms with Crippen molar-refractivity contribution >= 4 is 15.9 Å². The van der Waals surface area contributed by atoms with Gasteiger partial charge in [-0.1, -0.05) is 44.2 Å². The average Bonchev–Trinajstić information content (AvgIpc) is 2.84. The molecule has 3 aromatic carbocycles. The highest BCUT2D eigenvalue weighted by Gasteiger charge is 2.24. The van der Waals surface area contributed by atoms with Gasteiger partial charge in [0.05, 0.1) is 18.0 Å². The van der Waals surface area contributed by atoms with E-state index in [1.165, 1.54) is 28.6 Å². The first-order valence-electron chi connectivity index (χ1n) is 10.6. The van der Waals surface area contributed by atoms with Gasteiger partial charge in [0.15, 0.2) is 0 Å². The van der Waals surface area contributed by atoms with E-state index in [0.29, 0.717) is 24.4 Å². The molecule has 0 radical (unpaired) electrons. The number of carbonyl (C=O) groups excluding carboxylic acids is 1. The molecule has 0 heterocycles. The first-order chi connectivity index (χ1) is 15.8. The molecule has 0 spiro atoms. The smallest absolute Gasteiger partial charge is 0.252 e. The number of nitrogens with one attached hydrogen (secondary N) is 1. The van der Waals surface area contributed by atoms with Crippen molar-refractivity contribution in [3.63, 3.8) is 0 Å². The van der Waals surface area contributed by atoms with Gasteiger partial charge in [-0.25, -0.2) is 12.8 Å². The third-order valence-corrected chi connectivity index (χ3v) is 7.41. The molecule has 3 aromatic rings. The number of rotatable bonds is 9. The molecular weight excluding hydrogens is 443 g/mol. The zero-order chi connectivity index (χ0) is 24.0. The van der Waals surface area contributed by atoms with Crippen molar-refractivity contribution in [2.24, 2.45) is 0 Å². The normalized spacial score (nSPS) is 12.4. The molecule has 0 bridgehead atoms. The van der Waals surface area contributed by atoms with Gasteiger partial charge in [0, 0.05) is 18.7 Å². The monoisotopic (exact) mass is 470 g/mol. The fourth-order valence-electron chi connectivity index (χ4n) is 3.54. The fraction of sp³-hybridized carbons (Fsp3) is 0.240. The standard InChI is InChI=1S/C25H27FN2O4S/c1-4-28(5-2)33(30,31)23-8-6-7-20(17-23)25(29)27-24(18-9-13-21(26)14-10-18)19-11-15-22(32-3)16-12-19/h6-17,24H,4-5H2,1-3H3,(H,27,29). The van der Waals surface area contributed by atoms with Crippen molar-refractivity contribution in [1.29, 1.82) is 0 Å². The van der Waals surface area contributed by atoms with Crippen LogP contribution in [-0.4, -0.2) is 38.8 Å². The molecule has 1 unspecified atom stereocenters. The van der Waals surface area contributed by atoms with Gasteiger partial charge in [0.25, 0.3) is 5.91 Å². The van der Waals surface area contributed by atoms with Crippen LogP contribution in [0.2, 0.25) is 0 Å². The van der Waals surface area contributed by atoms with Gasteiger partial charge in [-0.2, -0.15) is 4.31 Å². The Bertz CT molecular complexity index is 1190. The Balaban J connectivity index is 1.95. The van der Waals surface area contributed by atoms with Gasteiger partial charge in [-0.05, 0) is 53.6 Å². The van der Waals surface area contributed by atoms with Gasteiger partial charge in [-0.3, -0.25) is 4.79 Å². The number of halogens is 1. The van der Waals surface area contributed by atoms with Crippen molar-refractivity contribution in [2.45, 2.75) is 24.8 Å². The van der Waals surface area contributed by atoms with Crippen molar-refractivity contribution < 1.29 is 22.3 Å². The first-order valence-corrected chi connectivity index (χ1v) is 12.0. The van der Waals surface area contributed by atoms with Crippen LogP contribution in [0.5, 0.6) is 5.75 Å². The number of amides is 1. The van der Waals surface area contributed by atoms with Crippen LogP contribution in [-0.2, 0) is 10.0 Å². The number of ether oxygens (including phenoxy) is 1. The highest BCUT2D eigenvalue weighted by atomic mass is 32.2. The molecule has 6 nitrogen and oxygen atoms in total. The second kappa shape index (κ2) is 10.6. The van der Waals surface area contributed by atoms with Crippen LogP contribution in [0.3, 0.4) is 0 Å². The van der Waals surface area contributed by atoms with E-state index < -0.39 is 22.0 Å². The maximum Gasteiger partial charge on any atom is 0.252 e. The Morgan fingerprint density at radius 1 is 0.970 bits per heavy atom. The number of hydrogen-bond acceptors (Lipinski definition) is 4. The molecular formula is C25H27FN2O4S. The van der Waals surface area contributed by atoms with E-state index in [1.54, 1.807) is 57.4 Å². The summed E-state index contributed by atoms with van der Waals surface area (Å²) in [6, 6.07) is 18.4. The van der Waals surface area contributed by atoms with E-state index in [9.17, 15) is 17.6 Å². The molecule has 0 aromatic heterocycles. The maximum absolute atomic E-state index is 13.5. The van der Waals surface area contributed by atoms with E-state index in [0.717, 1.165) is 5.56 Å². The first kappa shape index (κ1) is 24.4. The predicted molar refractivity (Wildman–Crippen MR) is 125 cm³/mol. The van der Waals surface area contributed by atoms with Crippen molar-refractivity contribution in [2.75, 3.05) is 20.2 Å². The maximum atomic E-state index is 13.5. The SMILES string of the molecule is CCN(CC)S(=O)(=O)c1cccc(C(=O)NC(c2ccc(F)cc2)c2ccc(OC)cc2)c1. The number of nitrogens with zero attached hydrogens (tertiary/aromatic N) is 1. The van der Waals surface area contributed by atoms with Crippen LogP contribution in [0.1, 0.15) is 41.4 Å². The summed E-state index contributed by atoms with van der Waals surface area (Å²) in [4.78, 5) is 13.2. The van der Waals surface area contributed by atoms with Crippen LogP contribution in [0.4, 0.5) is 4.39 Å². The zero-order valence-electron chi connectivity index (χ0n) is 18.8. The summed E-state index contributed by atoms with van der Waals surface area (Å²) in [6.07, 6.45) is 0. The molecule has 174 valence electrons. The molecule has 33 heavy (non-hydrogen) atoms. The topological polar surface area (TPSA) is 75.7 Å². The Morgan fingerprint density at radius 3 is 2.09 bits per heavy atom. The van der Waals surface area contributed by atoms with Gasteiger partial charge in [-0.15, -0.1) is 0 Å². The summed E-state index contributed by atoms with van der Waals surface area (Å²) in [5, 5.41) is 2.95. The summed E-state index contributed by atoms with van der Waals surface area (Å²) >= 11 is 0. The van der Waals surface area contributed by atoms with Crippen molar-refractivity contribution in [3.05, 3.63) is 95.3 Å². The molecule has 1 N–H and O–H groups in total. The number of benzene rings is 3. The second-order valence-corrected chi connectivity index (χ2v) is 9.29. The molecule has 1 amide bonds. The summed E-state index contributed by atoms with van der Waals surface area (Å²) in [5.74, 6) is -0.165. The van der Waals surface area contributed by atoms with Gasteiger partial charge in [0.1, 0.15) is 11.6 Å². The van der Waals surface area contributed by atoms with Crippen LogP contribution in [0.15, 0.2) is 77.7 Å². The molecule has 0 fully saturated rings. The van der Waals surface area contributed by atoms with E-state index in [4.69, 9.17) is 4.74 Å². The third kappa shape index (κ3) is 5.58. The summed E-state index contributed by atoms with van der Waals surface area (Å²) < 4.78 is 45.8. The Morgan fingerprint density at radius 2 is 1.55 bits per heavy atom. The van der Waals surface area contributed by atoms with E-state index >= 15 is 0 Å². The number of methoxy groups -OCH3 is 1. The summed E-state index contributed by atoms with van der Waals surface area (Å²) in [5.41, 5.74) is 1.66. The largest absolute Gasteiger partial charge is 0.497 e. The van der Waals surface area contributed by atoms with E-state index in [1.807, 2.05) is 12.1 Å². The molecule has 3 rings (SSSR count). The minimum absolute atomic E-state index is 0.0571. The lowest BCUT2D eigenvalue weighted by molar-refractivity contribution is 0.0942. The molecule has 0 saturated carbocycles. The second-order valence-electron chi connectivity index (χ2n) is 7.35. The predicted octanol–water partition coefficient (Wildman–Crippen LogP) is 4.38. The minimum Gasteiger partial charge on any atom is -0.497 e. The molecule has 1 atom stereocenters. The summed E-state index contributed by atoms with van der Waals surface area (Å²) in [6.45, 7) is 4.19. The lowest BCUT2D eigenvalue weighted by atomic mass is 9.98. The third-order valence-electron chi connectivity index (χ3n) is 5.37. The Hall–Kier alpha value is -3.23. The van der Waals surface area contributed by atoms with E-state index in [-0.39, 0.29) is 16.3 Å². The van der Waals surface area contributed by atoms with E-state index in [2.05, 4.69) is 5.32 Å². The van der Waals surface area contributed by atoms with Crippen LogP contribution in [0.25, 0.3) is 0 Å². The minimum atomic E-state index is -3.70. The van der Waals surface area contributed by atoms with Gasteiger partial charge < -0.3 is 10.1 Å². The van der Waals surface area contributed by atoms with Crippen molar-refractivity contribution in [3.8, 4) is 5.75 Å². The lowest BCUT2D eigenvalue weighted by Crippen LogP contribution is -2.31. The fourth-order valence-corrected chi connectivity index (χ4v) is 5.04. The van der Waals surface area contributed by atoms with Crippen LogP contribution < -0.4 is 10.1 Å². The number of carbonyl (C=O) groups is 1. The van der Waals surface area contributed by atoms with Gasteiger partial charge >= 0.3 is 0 Å². The number of hydrogen-bond donors (Lipinski definition) is 1. The van der Waals surface area contributed by atoms with Crippen LogP contribution in [0, 0.1) is 5.82 Å². The Labute approximate surface area is 194 Å². The molecule has 0 aliphatic rings. The Kier molecular flexibility index (Phi) is 7.84.